The molecule has 2 rings (SSSR count). The average molecular weight is 290 g/mol. The van der Waals surface area contributed by atoms with Gasteiger partial charge < -0.3 is 14.8 Å². The van der Waals surface area contributed by atoms with E-state index in [0.717, 1.165) is 17.0 Å². The molecule has 0 aliphatic heterocycles. The molecule has 1 atom stereocenters. The van der Waals surface area contributed by atoms with E-state index in [0.29, 0.717) is 6.54 Å². The Morgan fingerprint density at radius 3 is 2.67 bits per heavy atom. The van der Waals surface area contributed by atoms with Crippen molar-refractivity contribution in [3.05, 3.63) is 53.6 Å². The van der Waals surface area contributed by atoms with Crippen LogP contribution in [0.1, 0.15) is 24.2 Å². The Kier molecular flexibility index (Phi) is 5.11. The van der Waals surface area contributed by atoms with Crippen molar-refractivity contribution < 1.29 is 13.9 Å². The smallest absolute Gasteiger partial charge is 0.165 e. The fourth-order valence-electron chi connectivity index (χ4n) is 2.01. The van der Waals surface area contributed by atoms with Crippen LogP contribution in [0.15, 0.2) is 36.5 Å². The standard InChI is InChI=1S/C16H19FN2O2/c1-11(12-4-5-16(21-3)15(17)8-12)19-10-13-9-14(20-2)6-7-18-13/h4-9,11,19H,10H2,1-3H3/t11-/m1/s1. The Hall–Kier alpha value is -2.14. The minimum absolute atomic E-state index is 0.00147. The predicted molar refractivity (Wildman–Crippen MR) is 79.0 cm³/mol. The largest absolute Gasteiger partial charge is 0.497 e. The Morgan fingerprint density at radius 2 is 2.00 bits per heavy atom. The molecule has 0 bridgehead atoms. The van der Waals surface area contributed by atoms with E-state index in [2.05, 4.69) is 10.3 Å². The van der Waals surface area contributed by atoms with Crippen LogP contribution >= 0.6 is 0 Å². The van der Waals surface area contributed by atoms with Gasteiger partial charge in [-0.25, -0.2) is 4.39 Å². The first kappa shape index (κ1) is 15.3. The van der Waals surface area contributed by atoms with Gasteiger partial charge in [-0.1, -0.05) is 6.07 Å². The van der Waals surface area contributed by atoms with Crippen LogP contribution in [0, 0.1) is 5.82 Å². The van der Waals surface area contributed by atoms with E-state index >= 15 is 0 Å². The molecule has 1 heterocycles. The quantitative estimate of drug-likeness (QED) is 0.888. The summed E-state index contributed by atoms with van der Waals surface area (Å²) >= 11 is 0. The summed E-state index contributed by atoms with van der Waals surface area (Å²) in [4.78, 5) is 4.26. The molecule has 1 aromatic carbocycles. The summed E-state index contributed by atoms with van der Waals surface area (Å²) in [6, 6.07) is 8.62. The van der Waals surface area contributed by atoms with Gasteiger partial charge >= 0.3 is 0 Å². The molecule has 2 aromatic rings. The second-order valence-corrected chi connectivity index (χ2v) is 4.68. The lowest BCUT2D eigenvalue weighted by Crippen LogP contribution is -2.19. The van der Waals surface area contributed by atoms with Crippen LogP contribution < -0.4 is 14.8 Å². The number of benzene rings is 1. The fraction of sp³-hybridized carbons (Fsp3) is 0.312. The van der Waals surface area contributed by atoms with Gasteiger partial charge in [-0.05, 0) is 30.7 Å². The second-order valence-electron chi connectivity index (χ2n) is 4.68. The Balaban J connectivity index is 2.00. The number of hydrogen-bond donors (Lipinski definition) is 1. The predicted octanol–water partition coefficient (Wildman–Crippen LogP) is 3.09. The molecule has 112 valence electrons. The van der Waals surface area contributed by atoms with E-state index < -0.39 is 0 Å². The van der Waals surface area contributed by atoms with Gasteiger partial charge in [0, 0.05) is 24.8 Å². The Bertz CT molecular complexity index is 605. The lowest BCUT2D eigenvalue weighted by atomic mass is 10.1. The summed E-state index contributed by atoms with van der Waals surface area (Å²) in [6.07, 6.45) is 1.70. The van der Waals surface area contributed by atoms with Gasteiger partial charge in [0.25, 0.3) is 0 Å². The van der Waals surface area contributed by atoms with E-state index in [1.54, 1.807) is 25.4 Å². The molecule has 0 saturated heterocycles. The number of pyridine rings is 1. The van der Waals surface area contributed by atoms with Crippen LogP contribution in [0.2, 0.25) is 0 Å². The minimum atomic E-state index is -0.358. The van der Waals surface area contributed by atoms with Crippen LogP contribution in [0.25, 0.3) is 0 Å². The SMILES string of the molecule is COc1ccnc(CN[C@H](C)c2ccc(OC)c(F)c2)c1. The number of rotatable bonds is 6. The maximum atomic E-state index is 13.7. The highest BCUT2D eigenvalue weighted by atomic mass is 19.1. The summed E-state index contributed by atoms with van der Waals surface area (Å²) in [5, 5.41) is 3.31. The van der Waals surface area contributed by atoms with E-state index in [1.165, 1.54) is 13.2 Å². The van der Waals surface area contributed by atoms with Crippen molar-refractivity contribution in [2.24, 2.45) is 0 Å². The van der Waals surface area contributed by atoms with Crippen molar-refractivity contribution in [3.8, 4) is 11.5 Å². The Morgan fingerprint density at radius 1 is 1.19 bits per heavy atom. The normalized spacial score (nSPS) is 12.0. The minimum Gasteiger partial charge on any atom is -0.497 e. The molecule has 0 radical (unpaired) electrons. The van der Waals surface area contributed by atoms with Crippen LogP contribution in [-0.4, -0.2) is 19.2 Å². The maximum absolute atomic E-state index is 13.7. The van der Waals surface area contributed by atoms with Crippen LogP contribution in [0.5, 0.6) is 11.5 Å². The molecular weight excluding hydrogens is 271 g/mol. The van der Waals surface area contributed by atoms with Crippen molar-refractivity contribution in [2.75, 3.05) is 14.2 Å². The summed E-state index contributed by atoms with van der Waals surface area (Å²) in [6.45, 7) is 2.55. The molecule has 0 saturated carbocycles. The number of methoxy groups -OCH3 is 2. The molecule has 0 unspecified atom stereocenters. The molecule has 4 nitrogen and oxygen atoms in total. The van der Waals surface area contributed by atoms with Crippen LogP contribution in [-0.2, 0) is 6.54 Å². The van der Waals surface area contributed by atoms with Crippen molar-refractivity contribution in [1.29, 1.82) is 0 Å². The first-order valence-electron chi connectivity index (χ1n) is 6.69. The number of ether oxygens (including phenoxy) is 2. The zero-order valence-electron chi connectivity index (χ0n) is 12.4. The first-order valence-corrected chi connectivity index (χ1v) is 6.69. The Labute approximate surface area is 123 Å². The average Bonchev–Trinajstić information content (AvgIpc) is 2.52. The van der Waals surface area contributed by atoms with Crippen LogP contribution in [0.3, 0.4) is 0 Å². The highest BCUT2D eigenvalue weighted by Gasteiger charge is 2.09. The molecule has 0 aliphatic carbocycles. The van der Waals surface area contributed by atoms with Gasteiger partial charge in [0.1, 0.15) is 5.75 Å². The maximum Gasteiger partial charge on any atom is 0.165 e. The van der Waals surface area contributed by atoms with Crippen LogP contribution in [0.4, 0.5) is 4.39 Å². The van der Waals surface area contributed by atoms with Gasteiger partial charge in [0.15, 0.2) is 11.6 Å². The zero-order valence-corrected chi connectivity index (χ0v) is 12.4. The number of halogens is 1. The number of nitrogens with one attached hydrogen (secondary N) is 1. The second kappa shape index (κ2) is 7.04. The van der Waals surface area contributed by atoms with Crippen molar-refractivity contribution in [3.63, 3.8) is 0 Å². The zero-order chi connectivity index (χ0) is 15.2. The number of nitrogens with zero attached hydrogens (tertiary/aromatic N) is 1. The van der Waals surface area contributed by atoms with Crippen molar-refractivity contribution in [1.82, 2.24) is 10.3 Å². The lowest BCUT2D eigenvalue weighted by Gasteiger charge is -2.15. The van der Waals surface area contributed by atoms with Crippen molar-refractivity contribution in [2.45, 2.75) is 19.5 Å². The monoisotopic (exact) mass is 290 g/mol. The molecule has 5 heteroatoms. The van der Waals surface area contributed by atoms with Gasteiger partial charge in [-0.2, -0.15) is 0 Å². The molecule has 1 aromatic heterocycles. The molecule has 1 N–H and O–H groups in total. The summed E-state index contributed by atoms with van der Waals surface area (Å²) < 4.78 is 23.8. The topological polar surface area (TPSA) is 43.4 Å². The summed E-state index contributed by atoms with van der Waals surface area (Å²) in [5.74, 6) is 0.661. The van der Waals surface area contributed by atoms with E-state index in [4.69, 9.17) is 9.47 Å². The van der Waals surface area contributed by atoms with Gasteiger partial charge in [-0.15, -0.1) is 0 Å². The van der Waals surface area contributed by atoms with E-state index in [9.17, 15) is 4.39 Å². The molecule has 0 aliphatic rings. The van der Waals surface area contributed by atoms with Gasteiger partial charge in [0.05, 0.1) is 19.9 Å². The number of hydrogen-bond acceptors (Lipinski definition) is 4. The molecule has 0 fully saturated rings. The fourth-order valence-corrected chi connectivity index (χ4v) is 2.01. The third-order valence-electron chi connectivity index (χ3n) is 3.29. The summed E-state index contributed by atoms with van der Waals surface area (Å²) in [5.41, 5.74) is 1.73. The third-order valence-corrected chi connectivity index (χ3v) is 3.29. The van der Waals surface area contributed by atoms with Gasteiger partial charge in [-0.3, -0.25) is 4.98 Å². The van der Waals surface area contributed by atoms with E-state index in [1.807, 2.05) is 19.1 Å². The van der Waals surface area contributed by atoms with Gasteiger partial charge in [0.2, 0.25) is 0 Å². The molecular formula is C16H19FN2O2. The van der Waals surface area contributed by atoms with Crippen molar-refractivity contribution >= 4 is 0 Å². The molecule has 0 amide bonds. The molecule has 0 spiro atoms. The van der Waals surface area contributed by atoms with E-state index in [-0.39, 0.29) is 17.6 Å². The summed E-state index contributed by atoms with van der Waals surface area (Å²) in [7, 11) is 3.07. The third kappa shape index (κ3) is 3.92. The highest BCUT2D eigenvalue weighted by molar-refractivity contribution is 5.31. The first-order chi connectivity index (χ1) is 10.1. The molecule has 21 heavy (non-hydrogen) atoms. The highest BCUT2D eigenvalue weighted by Crippen LogP contribution is 2.22. The number of aromatic nitrogens is 1. The lowest BCUT2D eigenvalue weighted by molar-refractivity contribution is 0.385.